The Balaban J connectivity index is 2.01. The molecule has 1 aliphatic heterocycles. The second-order valence-electron chi connectivity index (χ2n) is 4.82. The van der Waals surface area contributed by atoms with Gasteiger partial charge in [0.25, 0.3) is 11.8 Å². The van der Waals surface area contributed by atoms with Crippen molar-refractivity contribution in [1.29, 1.82) is 0 Å². The second kappa shape index (κ2) is 4.38. The van der Waals surface area contributed by atoms with E-state index in [-0.39, 0.29) is 11.8 Å². The van der Waals surface area contributed by atoms with Crippen molar-refractivity contribution in [3.63, 3.8) is 0 Å². The Bertz CT molecular complexity index is 594. The van der Waals surface area contributed by atoms with Crippen LogP contribution in [-0.4, -0.2) is 11.8 Å². The number of hydrogen-bond acceptors (Lipinski definition) is 3. The number of amides is 2. The molecule has 0 atom stereocenters. The normalized spacial score (nSPS) is 19.1. The third-order valence-corrected chi connectivity index (χ3v) is 3.97. The monoisotopic (exact) mass is 276 g/mol. The summed E-state index contributed by atoms with van der Waals surface area (Å²) in [4.78, 5) is 25.9. The van der Waals surface area contributed by atoms with Gasteiger partial charge in [0, 0.05) is 11.1 Å². The van der Waals surface area contributed by atoms with Crippen LogP contribution in [-0.2, 0) is 9.59 Å². The number of nitrogens with two attached hydrogens (primary N) is 1. The van der Waals surface area contributed by atoms with Gasteiger partial charge in [-0.3, -0.25) is 9.59 Å². The summed E-state index contributed by atoms with van der Waals surface area (Å²) in [5.74, 6) is -0.414. The maximum absolute atomic E-state index is 12.3. The smallest absolute Gasteiger partial charge is 0.261 e. The van der Waals surface area contributed by atoms with E-state index in [4.69, 9.17) is 17.3 Å². The Morgan fingerprint density at radius 3 is 2.16 bits per heavy atom. The van der Waals surface area contributed by atoms with Gasteiger partial charge in [0.2, 0.25) is 0 Å². The summed E-state index contributed by atoms with van der Waals surface area (Å²) in [6.07, 6.45) is 3.32. The van der Waals surface area contributed by atoms with Crippen LogP contribution in [0.25, 0.3) is 0 Å². The fourth-order valence-electron chi connectivity index (χ4n) is 2.64. The van der Waals surface area contributed by atoms with Crippen molar-refractivity contribution in [2.75, 3.05) is 10.6 Å². The number of imide groups is 1. The molecule has 1 heterocycles. The standard InChI is InChI=1S/C14H13ClN2O2/c15-11-6-5-8(7-12(11)16)17-13(18)9-3-1-2-4-10(9)14(17)19/h5-7H,1-4,16H2. The van der Waals surface area contributed by atoms with E-state index >= 15 is 0 Å². The lowest BCUT2D eigenvalue weighted by Crippen LogP contribution is -2.31. The average molecular weight is 277 g/mol. The Morgan fingerprint density at radius 2 is 1.63 bits per heavy atom. The van der Waals surface area contributed by atoms with E-state index in [1.165, 1.54) is 4.90 Å². The SMILES string of the molecule is Nc1cc(N2C(=O)C3=C(CCCC3)C2=O)ccc1Cl. The molecule has 0 spiro atoms. The summed E-state index contributed by atoms with van der Waals surface area (Å²) in [6.45, 7) is 0. The molecule has 2 N–H and O–H groups in total. The van der Waals surface area contributed by atoms with Gasteiger partial charge in [-0.05, 0) is 43.9 Å². The zero-order valence-electron chi connectivity index (χ0n) is 10.3. The van der Waals surface area contributed by atoms with Crippen LogP contribution in [0, 0.1) is 0 Å². The van der Waals surface area contributed by atoms with Crippen molar-refractivity contribution in [3.05, 3.63) is 34.4 Å². The molecule has 0 bridgehead atoms. The molecule has 1 aliphatic carbocycles. The molecular weight excluding hydrogens is 264 g/mol. The number of anilines is 2. The minimum atomic E-state index is -0.207. The molecule has 0 radical (unpaired) electrons. The Kier molecular flexibility index (Phi) is 2.82. The first-order chi connectivity index (χ1) is 9.09. The average Bonchev–Trinajstić information content (AvgIpc) is 2.66. The Labute approximate surface area is 115 Å². The predicted octanol–water partition coefficient (Wildman–Crippen LogP) is 2.67. The van der Waals surface area contributed by atoms with Crippen LogP contribution in [0.4, 0.5) is 11.4 Å². The van der Waals surface area contributed by atoms with Gasteiger partial charge in [-0.2, -0.15) is 0 Å². The number of nitrogen functional groups attached to an aromatic ring is 1. The molecule has 0 aromatic heterocycles. The number of halogens is 1. The van der Waals surface area contributed by atoms with Crippen LogP contribution in [0.15, 0.2) is 29.3 Å². The fraction of sp³-hybridized carbons (Fsp3) is 0.286. The maximum Gasteiger partial charge on any atom is 0.261 e. The molecule has 0 fully saturated rings. The molecule has 2 amide bonds. The largest absolute Gasteiger partial charge is 0.397 e. The van der Waals surface area contributed by atoms with Gasteiger partial charge in [0.1, 0.15) is 0 Å². The van der Waals surface area contributed by atoms with Gasteiger partial charge < -0.3 is 5.73 Å². The first-order valence-corrected chi connectivity index (χ1v) is 6.63. The zero-order chi connectivity index (χ0) is 13.6. The lowest BCUT2D eigenvalue weighted by Gasteiger charge is -2.15. The van der Waals surface area contributed by atoms with Crippen LogP contribution in [0.5, 0.6) is 0 Å². The molecule has 4 nitrogen and oxygen atoms in total. The second-order valence-corrected chi connectivity index (χ2v) is 5.22. The van der Waals surface area contributed by atoms with Gasteiger partial charge in [0.05, 0.1) is 16.4 Å². The van der Waals surface area contributed by atoms with Gasteiger partial charge >= 0.3 is 0 Å². The maximum atomic E-state index is 12.3. The highest BCUT2D eigenvalue weighted by Crippen LogP contribution is 2.36. The summed E-state index contributed by atoms with van der Waals surface area (Å²) < 4.78 is 0. The summed E-state index contributed by atoms with van der Waals surface area (Å²) in [6, 6.07) is 4.81. The highest BCUT2D eigenvalue weighted by Gasteiger charge is 2.39. The van der Waals surface area contributed by atoms with Gasteiger partial charge in [0.15, 0.2) is 0 Å². The van der Waals surface area contributed by atoms with Crippen LogP contribution >= 0.6 is 11.6 Å². The number of rotatable bonds is 1. The topological polar surface area (TPSA) is 63.4 Å². The molecule has 0 saturated heterocycles. The van der Waals surface area contributed by atoms with Crippen molar-refractivity contribution < 1.29 is 9.59 Å². The fourth-order valence-corrected chi connectivity index (χ4v) is 2.76. The summed E-state index contributed by atoms with van der Waals surface area (Å²) in [5.41, 5.74) is 7.93. The zero-order valence-corrected chi connectivity index (χ0v) is 11.0. The third kappa shape index (κ3) is 1.83. The minimum Gasteiger partial charge on any atom is -0.397 e. The Morgan fingerprint density at radius 1 is 1.05 bits per heavy atom. The summed E-state index contributed by atoms with van der Waals surface area (Å²) in [7, 11) is 0. The van der Waals surface area contributed by atoms with E-state index in [0.717, 1.165) is 12.8 Å². The molecule has 5 heteroatoms. The van der Waals surface area contributed by atoms with Gasteiger partial charge in [-0.1, -0.05) is 11.6 Å². The molecular formula is C14H13ClN2O2. The van der Waals surface area contributed by atoms with Gasteiger partial charge in [-0.15, -0.1) is 0 Å². The highest BCUT2D eigenvalue weighted by atomic mass is 35.5. The van der Waals surface area contributed by atoms with E-state index in [1.807, 2.05) is 0 Å². The highest BCUT2D eigenvalue weighted by molar-refractivity contribution is 6.35. The lowest BCUT2D eigenvalue weighted by molar-refractivity contribution is -0.120. The molecule has 1 aromatic carbocycles. The first kappa shape index (κ1) is 12.2. The van der Waals surface area contributed by atoms with Crippen LogP contribution in [0.1, 0.15) is 25.7 Å². The number of nitrogens with zero attached hydrogens (tertiary/aromatic N) is 1. The number of carbonyl (C=O) groups excluding carboxylic acids is 2. The molecule has 1 aromatic rings. The van der Waals surface area contributed by atoms with E-state index in [0.29, 0.717) is 40.4 Å². The van der Waals surface area contributed by atoms with Crippen molar-refractivity contribution in [3.8, 4) is 0 Å². The third-order valence-electron chi connectivity index (χ3n) is 3.63. The van der Waals surface area contributed by atoms with Gasteiger partial charge in [-0.25, -0.2) is 4.90 Å². The quantitative estimate of drug-likeness (QED) is 0.633. The molecule has 19 heavy (non-hydrogen) atoms. The van der Waals surface area contributed by atoms with E-state index in [1.54, 1.807) is 18.2 Å². The Hall–Kier alpha value is -1.81. The summed E-state index contributed by atoms with van der Waals surface area (Å²) >= 11 is 5.86. The summed E-state index contributed by atoms with van der Waals surface area (Å²) in [5, 5.41) is 0.417. The van der Waals surface area contributed by atoms with Crippen LogP contribution < -0.4 is 10.6 Å². The molecule has 0 unspecified atom stereocenters. The number of hydrogen-bond donors (Lipinski definition) is 1. The van der Waals surface area contributed by atoms with Crippen LogP contribution in [0.2, 0.25) is 5.02 Å². The molecule has 3 rings (SSSR count). The van der Waals surface area contributed by atoms with Crippen molar-refractivity contribution in [2.24, 2.45) is 0 Å². The molecule has 2 aliphatic rings. The lowest BCUT2D eigenvalue weighted by atomic mass is 9.93. The van der Waals surface area contributed by atoms with Crippen molar-refractivity contribution >= 4 is 34.8 Å². The number of carbonyl (C=O) groups is 2. The number of benzene rings is 1. The molecule has 98 valence electrons. The van der Waals surface area contributed by atoms with E-state index in [9.17, 15) is 9.59 Å². The van der Waals surface area contributed by atoms with Crippen molar-refractivity contribution in [2.45, 2.75) is 25.7 Å². The minimum absolute atomic E-state index is 0.207. The van der Waals surface area contributed by atoms with Crippen LogP contribution in [0.3, 0.4) is 0 Å². The first-order valence-electron chi connectivity index (χ1n) is 6.25. The molecule has 0 saturated carbocycles. The van der Waals surface area contributed by atoms with Crippen molar-refractivity contribution in [1.82, 2.24) is 0 Å². The van der Waals surface area contributed by atoms with E-state index in [2.05, 4.69) is 0 Å². The predicted molar refractivity (Wildman–Crippen MR) is 73.9 cm³/mol. The van der Waals surface area contributed by atoms with E-state index < -0.39 is 0 Å².